The summed E-state index contributed by atoms with van der Waals surface area (Å²) in [5.74, 6) is 0.413. The van der Waals surface area contributed by atoms with Crippen LogP contribution in [0.3, 0.4) is 0 Å². The van der Waals surface area contributed by atoms with Gasteiger partial charge >= 0.3 is 5.97 Å². The molecule has 2 aromatic carbocycles. The number of hydrogen-bond donors (Lipinski definition) is 0. The lowest BCUT2D eigenvalue weighted by Crippen LogP contribution is -2.38. The van der Waals surface area contributed by atoms with Crippen molar-refractivity contribution in [1.82, 2.24) is 9.80 Å². The van der Waals surface area contributed by atoms with Crippen molar-refractivity contribution in [2.24, 2.45) is 4.99 Å². The largest absolute Gasteiger partial charge is 0.489 e. The SMILES string of the molecule is CCOC(=O)C1=C(C)N=C2SC=C(CC(=O)N3CCCC3)N2[C@H]1c1cccc(OCc2ccccc2)c1. The maximum Gasteiger partial charge on any atom is 0.338 e. The number of carbonyl (C=O) groups excluding carboxylic acids is 2. The first-order chi connectivity index (χ1) is 18.0. The molecule has 0 spiro atoms. The van der Waals surface area contributed by atoms with Gasteiger partial charge in [-0.05, 0) is 55.4 Å². The molecule has 0 bridgehead atoms. The van der Waals surface area contributed by atoms with Crippen molar-refractivity contribution in [1.29, 1.82) is 0 Å². The van der Waals surface area contributed by atoms with Gasteiger partial charge in [0.15, 0.2) is 5.17 Å². The lowest BCUT2D eigenvalue weighted by molar-refractivity contribution is -0.139. The van der Waals surface area contributed by atoms with E-state index in [1.807, 2.05) is 76.7 Å². The first-order valence-corrected chi connectivity index (χ1v) is 13.6. The highest BCUT2D eigenvalue weighted by Crippen LogP contribution is 2.45. The molecule has 2 aromatic rings. The number of esters is 1. The van der Waals surface area contributed by atoms with E-state index in [-0.39, 0.29) is 18.9 Å². The second-order valence-electron chi connectivity index (χ2n) is 9.22. The molecule has 3 aliphatic rings. The average Bonchev–Trinajstić information content (AvgIpc) is 3.58. The quantitative estimate of drug-likeness (QED) is 0.436. The number of amides is 1. The number of carbonyl (C=O) groups is 2. The number of benzene rings is 2. The number of hydrogen-bond acceptors (Lipinski definition) is 7. The van der Waals surface area contributed by atoms with Gasteiger partial charge in [-0.15, -0.1) is 0 Å². The molecule has 1 atom stereocenters. The summed E-state index contributed by atoms with van der Waals surface area (Å²) in [6.07, 6.45) is 2.36. The summed E-state index contributed by atoms with van der Waals surface area (Å²) in [6, 6.07) is 17.3. The third-order valence-corrected chi connectivity index (χ3v) is 7.60. The minimum Gasteiger partial charge on any atom is -0.489 e. The van der Waals surface area contributed by atoms with E-state index in [9.17, 15) is 9.59 Å². The Morgan fingerprint density at radius 1 is 1.08 bits per heavy atom. The number of aliphatic imine (C=N–C) groups is 1. The Kier molecular flexibility index (Phi) is 7.65. The first kappa shape index (κ1) is 25.1. The Bertz CT molecular complexity index is 1260. The Hall–Kier alpha value is -3.52. The minimum absolute atomic E-state index is 0.105. The Morgan fingerprint density at radius 3 is 2.62 bits per heavy atom. The topological polar surface area (TPSA) is 71.4 Å². The molecular formula is C29H31N3O4S. The van der Waals surface area contributed by atoms with Crippen LogP contribution in [0.4, 0.5) is 0 Å². The van der Waals surface area contributed by atoms with Crippen LogP contribution in [0.15, 0.2) is 82.0 Å². The van der Waals surface area contributed by atoms with Gasteiger partial charge in [0.05, 0.1) is 30.3 Å². The van der Waals surface area contributed by atoms with Crippen LogP contribution in [-0.2, 0) is 20.9 Å². The molecule has 8 heteroatoms. The number of fused-ring (bicyclic) bond motifs is 1. The lowest BCUT2D eigenvalue weighted by Gasteiger charge is -2.36. The van der Waals surface area contributed by atoms with Crippen molar-refractivity contribution in [3.8, 4) is 5.75 Å². The normalized spacial score (nSPS) is 18.9. The summed E-state index contributed by atoms with van der Waals surface area (Å²) in [5, 5.41) is 2.74. The molecule has 1 saturated heterocycles. The van der Waals surface area contributed by atoms with Gasteiger partial charge in [-0.25, -0.2) is 9.79 Å². The molecule has 0 unspecified atom stereocenters. The number of thioether (sulfide) groups is 1. The van der Waals surface area contributed by atoms with Crippen molar-refractivity contribution in [2.45, 2.75) is 45.8 Å². The van der Waals surface area contributed by atoms with Crippen LogP contribution in [-0.4, -0.2) is 46.5 Å². The van der Waals surface area contributed by atoms with E-state index in [2.05, 4.69) is 0 Å². The van der Waals surface area contributed by atoms with E-state index < -0.39 is 12.0 Å². The Morgan fingerprint density at radius 2 is 1.86 bits per heavy atom. The molecular weight excluding hydrogens is 486 g/mol. The molecule has 0 aromatic heterocycles. The highest BCUT2D eigenvalue weighted by Gasteiger charge is 2.41. The molecule has 0 N–H and O–H groups in total. The molecule has 1 amide bonds. The zero-order chi connectivity index (χ0) is 25.8. The molecule has 0 saturated carbocycles. The summed E-state index contributed by atoms with van der Waals surface area (Å²) in [7, 11) is 0. The van der Waals surface area contributed by atoms with Gasteiger partial charge < -0.3 is 19.3 Å². The summed E-state index contributed by atoms with van der Waals surface area (Å²) < 4.78 is 11.6. The van der Waals surface area contributed by atoms with E-state index in [0.717, 1.165) is 47.9 Å². The molecule has 1 fully saturated rings. The zero-order valence-corrected chi connectivity index (χ0v) is 22.0. The number of allylic oxidation sites excluding steroid dienone is 1. The van der Waals surface area contributed by atoms with Crippen LogP contribution >= 0.6 is 11.8 Å². The maximum absolute atomic E-state index is 13.2. The molecule has 3 aliphatic heterocycles. The highest BCUT2D eigenvalue weighted by molar-refractivity contribution is 8.16. The van der Waals surface area contributed by atoms with E-state index in [1.165, 1.54) is 11.8 Å². The van der Waals surface area contributed by atoms with E-state index in [4.69, 9.17) is 14.5 Å². The predicted molar refractivity (Wildman–Crippen MR) is 145 cm³/mol. The summed E-state index contributed by atoms with van der Waals surface area (Å²) >= 11 is 1.49. The summed E-state index contributed by atoms with van der Waals surface area (Å²) in [4.78, 5) is 34.9. The maximum atomic E-state index is 13.2. The molecule has 37 heavy (non-hydrogen) atoms. The fourth-order valence-corrected chi connectivity index (χ4v) is 5.87. The van der Waals surface area contributed by atoms with E-state index >= 15 is 0 Å². The first-order valence-electron chi connectivity index (χ1n) is 12.7. The monoisotopic (exact) mass is 517 g/mol. The van der Waals surface area contributed by atoms with Crippen molar-refractivity contribution >= 4 is 28.8 Å². The van der Waals surface area contributed by atoms with Crippen molar-refractivity contribution < 1.29 is 19.1 Å². The third kappa shape index (κ3) is 5.44. The Balaban J connectivity index is 1.47. The van der Waals surface area contributed by atoms with Gasteiger partial charge in [0.1, 0.15) is 12.4 Å². The fraction of sp³-hybridized carbons (Fsp3) is 0.345. The lowest BCUT2D eigenvalue weighted by atomic mass is 9.93. The second-order valence-corrected chi connectivity index (χ2v) is 10.1. The molecule has 192 valence electrons. The number of nitrogens with zero attached hydrogens (tertiary/aromatic N) is 3. The smallest absolute Gasteiger partial charge is 0.338 e. The number of rotatable bonds is 8. The van der Waals surface area contributed by atoms with Gasteiger partial charge in [-0.1, -0.05) is 54.2 Å². The summed E-state index contributed by atoms with van der Waals surface area (Å²) in [6.45, 7) is 5.95. The van der Waals surface area contributed by atoms with Crippen molar-refractivity contribution in [3.63, 3.8) is 0 Å². The van der Waals surface area contributed by atoms with Crippen LogP contribution in [0.2, 0.25) is 0 Å². The zero-order valence-electron chi connectivity index (χ0n) is 21.2. The van der Waals surface area contributed by atoms with Gasteiger partial charge in [0.2, 0.25) is 5.91 Å². The average molecular weight is 518 g/mol. The van der Waals surface area contributed by atoms with Gasteiger partial charge in [0, 0.05) is 18.8 Å². The highest BCUT2D eigenvalue weighted by atomic mass is 32.2. The molecule has 3 heterocycles. The molecule has 0 aliphatic carbocycles. The van der Waals surface area contributed by atoms with Crippen LogP contribution in [0, 0.1) is 0 Å². The van der Waals surface area contributed by atoms with Gasteiger partial charge in [-0.3, -0.25) is 4.79 Å². The number of likely N-dealkylation sites (tertiary alicyclic amines) is 1. The molecule has 0 radical (unpaired) electrons. The molecule has 5 rings (SSSR count). The van der Waals surface area contributed by atoms with Crippen LogP contribution in [0.5, 0.6) is 5.75 Å². The van der Waals surface area contributed by atoms with E-state index in [0.29, 0.717) is 23.6 Å². The molecule has 7 nitrogen and oxygen atoms in total. The second kappa shape index (κ2) is 11.3. The van der Waals surface area contributed by atoms with Crippen LogP contribution < -0.4 is 4.74 Å². The summed E-state index contributed by atoms with van der Waals surface area (Å²) in [5.41, 5.74) is 3.90. The fourth-order valence-electron chi connectivity index (χ4n) is 4.90. The number of amidine groups is 1. The number of ether oxygens (including phenoxy) is 2. The van der Waals surface area contributed by atoms with Gasteiger partial charge in [-0.2, -0.15) is 0 Å². The third-order valence-electron chi connectivity index (χ3n) is 6.71. The predicted octanol–water partition coefficient (Wildman–Crippen LogP) is 5.42. The minimum atomic E-state index is -0.473. The van der Waals surface area contributed by atoms with Crippen molar-refractivity contribution in [3.05, 3.63) is 88.1 Å². The van der Waals surface area contributed by atoms with E-state index in [1.54, 1.807) is 6.92 Å². The Labute approximate surface area is 221 Å². The standard InChI is InChI=1S/C29H31N3O4S/c1-3-35-28(34)26-20(2)30-29-32(23(19-37-29)17-25(33)31-14-7-8-15-31)27(26)22-12-9-13-24(16-22)36-18-21-10-5-4-6-11-21/h4-6,9-13,16,19,27H,3,7-8,14-15,17-18H2,1-2H3/t27-/m0/s1. The van der Waals surface area contributed by atoms with Crippen LogP contribution in [0.25, 0.3) is 0 Å². The van der Waals surface area contributed by atoms with Gasteiger partial charge in [0.25, 0.3) is 0 Å². The van der Waals surface area contributed by atoms with Crippen molar-refractivity contribution in [2.75, 3.05) is 19.7 Å². The van der Waals surface area contributed by atoms with Crippen LogP contribution in [0.1, 0.15) is 50.3 Å².